The minimum absolute atomic E-state index is 0.0890. The Bertz CT molecular complexity index is 560. The topological polar surface area (TPSA) is 81.1 Å². The Morgan fingerprint density at radius 1 is 1.53 bits per heavy atom. The fourth-order valence-electron chi connectivity index (χ4n) is 1.36. The molecule has 0 spiro atoms. The summed E-state index contributed by atoms with van der Waals surface area (Å²) in [5.74, 6) is -0.303. The molecule has 1 aromatic carbocycles. The van der Waals surface area contributed by atoms with Crippen molar-refractivity contribution in [2.75, 3.05) is 16.8 Å². The van der Waals surface area contributed by atoms with Crippen molar-refractivity contribution in [3.8, 4) is 0 Å². The van der Waals surface area contributed by atoms with Gasteiger partial charge in [-0.15, -0.1) is 0 Å². The van der Waals surface area contributed by atoms with Gasteiger partial charge in [0.2, 0.25) is 5.91 Å². The number of amides is 1. The second-order valence-electron chi connectivity index (χ2n) is 3.68. The number of carbonyl (C=O) groups is 1. The van der Waals surface area contributed by atoms with E-state index in [0.717, 1.165) is 0 Å². The number of benzene rings is 1. The summed E-state index contributed by atoms with van der Waals surface area (Å²) in [6, 6.07) is 4.03. The average molecular weight is 281 g/mol. The summed E-state index contributed by atoms with van der Waals surface area (Å²) in [6.07, 6.45) is 3.22. The molecule has 100 valence electrons. The van der Waals surface area contributed by atoms with E-state index in [-0.39, 0.29) is 18.0 Å². The monoisotopic (exact) mass is 281 g/mol. The molecular formula is C12H12FN3O2S. The van der Waals surface area contributed by atoms with Crippen LogP contribution in [0.1, 0.15) is 6.42 Å². The van der Waals surface area contributed by atoms with E-state index in [9.17, 15) is 9.18 Å². The SMILES string of the molecule is Nc1ccc(F)c(NC(=O)CCSc2ncco2)c1. The number of carbonyl (C=O) groups excluding carboxylic acids is 1. The zero-order valence-corrected chi connectivity index (χ0v) is 10.7. The van der Waals surface area contributed by atoms with Crippen molar-refractivity contribution in [1.29, 1.82) is 0 Å². The number of aromatic nitrogens is 1. The first kappa shape index (κ1) is 13.4. The lowest BCUT2D eigenvalue weighted by Crippen LogP contribution is -2.13. The number of nitrogen functional groups attached to an aromatic ring is 1. The maximum Gasteiger partial charge on any atom is 0.255 e. The van der Waals surface area contributed by atoms with Crippen molar-refractivity contribution in [2.24, 2.45) is 0 Å². The summed E-state index contributed by atoms with van der Waals surface area (Å²) >= 11 is 1.32. The predicted octanol–water partition coefficient (Wildman–Crippen LogP) is 2.52. The molecule has 0 aliphatic heterocycles. The molecule has 1 amide bonds. The molecule has 1 aromatic heterocycles. The van der Waals surface area contributed by atoms with E-state index in [1.807, 2.05) is 0 Å². The van der Waals surface area contributed by atoms with E-state index in [1.54, 1.807) is 0 Å². The molecule has 1 heterocycles. The van der Waals surface area contributed by atoms with Crippen LogP contribution in [0, 0.1) is 5.82 Å². The van der Waals surface area contributed by atoms with Gasteiger partial charge in [-0.05, 0) is 18.2 Å². The third-order valence-electron chi connectivity index (χ3n) is 2.23. The molecule has 7 heteroatoms. The first-order valence-corrected chi connectivity index (χ1v) is 6.51. The highest BCUT2D eigenvalue weighted by Crippen LogP contribution is 2.19. The van der Waals surface area contributed by atoms with Crippen molar-refractivity contribution >= 4 is 29.0 Å². The Kier molecular flexibility index (Phi) is 4.40. The van der Waals surface area contributed by atoms with Crippen LogP contribution in [0.25, 0.3) is 0 Å². The fourth-order valence-corrected chi connectivity index (χ4v) is 2.09. The van der Waals surface area contributed by atoms with Crippen molar-refractivity contribution < 1.29 is 13.6 Å². The van der Waals surface area contributed by atoms with Crippen molar-refractivity contribution in [3.63, 3.8) is 0 Å². The maximum atomic E-state index is 13.4. The maximum absolute atomic E-state index is 13.4. The number of nitrogens with zero attached hydrogens (tertiary/aromatic N) is 1. The molecule has 0 radical (unpaired) electrons. The van der Waals surface area contributed by atoms with Gasteiger partial charge in [0.1, 0.15) is 12.1 Å². The molecule has 0 saturated heterocycles. The summed E-state index contributed by atoms with van der Waals surface area (Å²) < 4.78 is 18.4. The number of nitrogens with two attached hydrogens (primary N) is 1. The molecule has 2 aromatic rings. The minimum Gasteiger partial charge on any atom is -0.440 e. The van der Waals surface area contributed by atoms with Crippen molar-refractivity contribution in [1.82, 2.24) is 4.98 Å². The van der Waals surface area contributed by atoms with Gasteiger partial charge in [-0.1, -0.05) is 11.8 Å². The Morgan fingerprint density at radius 3 is 3.11 bits per heavy atom. The van der Waals surface area contributed by atoms with Crippen LogP contribution in [0.5, 0.6) is 0 Å². The number of rotatable bonds is 5. The van der Waals surface area contributed by atoms with Gasteiger partial charge in [0.15, 0.2) is 0 Å². The third-order valence-corrected chi connectivity index (χ3v) is 3.09. The van der Waals surface area contributed by atoms with Crippen LogP contribution >= 0.6 is 11.8 Å². The van der Waals surface area contributed by atoms with Gasteiger partial charge in [-0.3, -0.25) is 4.79 Å². The molecule has 0 aliphatic rings. The summed E-state index contributed by atoms with van der Waals surface area (Å²) in [6.45, 7) is 0. The van der Waals surface area contributed by atoms with E-state index in [0.29, 0.717) is 16.7 Å². The second kappa shape index (κ2) is 6.24. The average Bonchev–Trinajstić information content (AvgIpc) is 2.87. The largest absolute Gasteiger partial charge is 0.440 e. The van der Waals surface area contributed by atoms with Gasteiger partial charge in [0.25, 0.3) is 5.22 Å². The Labute approximate surface area is 113 Å². The lowest BCUT2D eigenvalue weighted by molar-refractivity contribution is -0.115. The second-order valence-corrected chi connectivity index (χ2v) is 4.73. The lowest BCUT2D eigenvalue weighted by atomic mass is 10.2. The molecule has 0 unspecified atom stereocenters. The highest BCUT2D eigenvalue weighted by Gasteiger charge is 2.08. The van der Waals surface area contributed by atoms with Crippen LogP contribution in [0.4, 0.5) is 15.8 Å². The zero-order valence-electron chi connectivity index (χ0n) is 9.93. The van der Waals surface area contributed by atoms with Gasteiger partial charge >= 0.3 is 0 Å². The molecule has 0 saturated carbocycles. The van der Waals surface area contributed by atoms with Crippen molar-refractivity contribution in [3.05, 3.63) is 36.5 Å². The predicted molar refractivity (Wildman–Crippen MR) is 71.3 cm³/mol. The van der Waals surface area contributed by atoms with Crippen molar-refractivity contribution in [2.45, 2.75) is 11.6 Å². The first-order chi connectivity index (χ1) is 9.15. The minimum atomic E-state index is -0.511. The van der Waals surface area contributed by atoms with E-state index in [2.05, 4.69) is 10.3 Å². The molecule has 2 rings (SSSR count). The van der Waals surface area contributed by atoms with E-state index >= 15 is 0 Å². The summed E-state index contributed by atoms with van der Waals surface area (Å²) in [4.78, 5) is 15.5. The van der Waals surface area contributed by atoms with Crippen LogP contribution in [-0.4, -0.2) is 16.6 Å². The molecule has 5 nitrogen and oxygen atoms in total. The van der Waals surface area contributed by atoms with Crippen LogP contribution in [-0.2, 0) is 4.79 Å². The fraction of sp³-hybridized carbons (Fsp3) is 0.167. The number of hydrogen-bond donors (Lipinski definition) is 2. The van der Waals surface area contributed by atoms with Gasteiger partial charge in [0.05, 0.1) is 11.9 Å². The normalized spacial score (nSPS) is 10.4. The van der Waals surface area contributed by atoms with E-state index < -0.39 is 5.82 Å². The molecule has 3 N–H and O–H groups in total. The molecule has 0 atom stereocenters. The molecule has 19 heavy (non-hydrogen) atoms. The number of anilines is 2. The third kappa shape index (κ3) is 3.99. The van der Waals surface area contributed by atoms with Gasteiger partial charge < -0.3 is 15.5 Å². The van der Waals surface area contributed by atoms with Crippen LogP contribution in [0.3, 0.4) is 0 Å². The zero-order chi connectivity index (χ0) is 13.7. The smallest absolute Gasteiger partial charge is 0.255 e. The lowest BCUT2D eigenvalue weighted by Gasteiger charge is -2.06. The Hall–Kier alpha value is -2.02. The number of halogens is 1. The van der Waals surface area contributed by atoms with Crippen LogP contribution in [0.2, 0.25) is 0 Å². The standard InChI is InChI=1S/C12H12FN3O2S/c13-9-2-1-8(14)7-10(9)16-11(17)3-6-19-12-15-4-5-18-12/h1-2,4-5,7H,3,6,14H2,(H,16,17). The van der Waals surface area contributed by atoms with E-state index in [4.69, 9.17) is 10.2 Å². The highest BCUT2D eigenvalue weighted by atomic mass is 32.2. The molecule has 0 aliphatic carbocycles. The number of nitrogens with one attached hydrogen (secondary N) is 1. The Morgan fingerprint density at radius 2 is 2.37 bits per heavy atom. The Balaban J connectivity index is 1.82. The molecular weight excluding hydrogens is 269 g/mol. The molecule has 0 bridgehead atoms. The van der Waals surface area contributed by atoms with Crippen LogP contribution in [0.15, 0.2) is 40.3 Å². The van der Waals surface area contributed by atoms with Crippen LogP contribution < -0.4 is 11.1 Å². The summed E-state index contributed by atoms with van der Waals surface area (Å²) in [5.41, 5.74) is 6.01. The summed E-state index contributed by atoms with van der Waals surface area (Å²) in [7, 11) is 0. The van der Waals surface area contributed by atoms with Gasteiger partial charge in [-0.2, -0.15) is 0 Å². The number of oxazole rings is 1. The number of thioether (sulfide) groups is 1. The first-order valence-electron chi connectivity index (χ1n) is 5.52. The highest BCUT2D eigenvalue weighted by molar-refractivity contribution is 7.99. The number of hydrogen-bond acceptors (Lipinski definition) is 5. The van der Waals surface area contributed by atoms with Gasteiger partial charge in [-0.25, -0.2) is 9.37 Å². The quantitative estimate of drug-likeness (QED) is 0.650. The molecule has 0 fully saturated rings. The van der Waals surface area contributed by atoms with Gasteiger partial charge in [0, 0.05) is 17.9 Å². The summed E-state index contributed by atoms with van der Waals surface area (Å²) in [5, 5.41) is 2.98. The van der Waals surface area contributed by atoms with E-state index in [1.165, 1.54) is 42.4 Å².